The van der Waals surface area contributed by atoms with E-state index in [0.29, 0.717) is 18.4 Å². The van der Waals surface area contributed by atoms with Crippen molar-refractivity contribution in [1.29, 1.82) is 0 Å². The molecule has 2 rings (SSSR count). The fraction of sp³-hybridized carbons (Fsp3) is 0.727. The van der Waals surface area contributed by atoms with Crippen LogP contribution in [-0.2, 0) is 9.53 Å². The van der Waals surface area contributed by atoms with Gasteiger partial charge in [0.05, 0.1) is 32.1 Å². The van der Waals surface area contributed by atoms with Crippen molar-refractivity contribution in [3.8, 4) is 0 Å². The number of nitrogens with zero attached hydrogens (tertiary/aromatic N) is 4. The van der Waals surface area contributed by atoms with Crippen LogP contribution in [0.1, 0.15) is 25.6 Å². The summed E-state index contributed by atoms with van der Waals surface area (Å²) in [6, 6.07) is 0. The van der Waals surface area contributed by atoms with Crippen LogP contribution in [0.2, 0.25) is 0 Å². The van der Waals surface area contributed by atoms with Crippen LogP contribution in [0.3, 0.4) is 0 Å². The number of aromatic nitrogens is 3. The monoisotopic (exact) mass is 286 g/mol. The Morgan fingerprint density at radius 2 is 2.11 bits per heavy atom. The summed E-state index contributed by atoms with van der Waals surface area (Å²) in [5.41, 5.74) is 0. The highest BCUT2D eigenvalue weighted by Gasteiger charge is 2.22. The van der Waals surface area contributed by atoms with Crippen molar-refractivity contribution in [3.63, 3.8) is 0 Å². The minimum absolute atomic E-state index is 0.0133. The number of carboxylic acid groups (broad SMARTS) is 1. The molecule has 0 saturated carbocycles. The highest BCUT2D eigenvalue weighted by Crippen LogP contribution is 2.22. The van der Waals surface area contributed by atoms with E-state index in [9.17, 15) is 4.79 Å². The highest BCUT2D eigenvalue weighted by molar-refractivity contribution is 7.99. The van der Waals surface area contributed by atoms with Crippen LogP contribution in [0.4, 0.5) is 0 Å². The Labute approximate surface area is 115 Å². The molecule has 0 spiro atoms. The van der Waals surface area contributed by atoms with Gasteiger partial charge in [0.25, 0.3) is 0 Å². The number of hydrogen-bond donors (Lipinski definition) is 1. The molecule has 1 aromatic rings. The van der Waals surface area contributed by atoms with Gasteiger partial charge in [0.1, 0.15) is 0 Å². The van der Waals surface area contributed by atoms with Gasteiger partial charge in [-0.15, -0.1) is 10.2 Å². The number of morpholine rings is 1. The Morgan fingerprint density at radius 3 is 2.68 bits per heavy atom. The minimum Gasteiger partial charge on any atom is -0.481 e. The molecular formula is C11H18N4O3S. The maximum Gasteiger partial charge on any atom is 0.313 e. The lowest BCUT2D eigenvalue weighted by Gasteiger charge is -2.31. The van der Waals surface area contributed by atoms with Gasteiger partial charge in [-0.05, 0) is 0 Å². The van der Waals surface area contributed by atoms with E-state index < -0.39 is 5.97 Å². The van der Waals surface area contributed by atoms with Crippen LogP contribution in [0, 0.1) is 0 Å². The minimum atomic E-state index is -0.854. The number of carbonyl (C=O) groups is 1. The normalized spacial score (nSPS) is 16.1. The second-order valence-electron chi connectivity index (χ2n) is 4.56. The summed E-state index contributed by atoms with van der Waals surface area (Å²) in [5.74, 6) is 0.220. The van der Waals surface area contributed by atoms with E-state index in [0.717, 1.165) is 18.9 Å². The third-order valence-corrected chi connectivity index (χ3v) is 3.65. The molecule has 7 nitrogen and oxygen atoms in total. The molecule has 2 heterocycles. The summed E-state index contributed by atoms with van der Waals surface area (Å²) < 4.78 is 7.28. The van der Waals surface area contributed by atoms with Crippen molar-refractivity contribution >= 4 is 17.7 Å². The number of ether oxygens (including phenoxy) is 1. The van der Waals surface area contributed by atoms with Crippen LogP contribution in [-0.4, -0.2) is 58.0 Å². The van der Waals surface area contributed by atoms with E-state index in [1.54, 1.807) is 0 Å². The number of rotatable bonds is 5. The first kappa shape index (κ1) is 14.1. The largest absolute Gasteiger partial charge is 0.481 e. The van der Waals surface area contributed by atoms with Crippen molar-refractivity contribution in [2.45, 2.75) is 24.9 Å². The summed E-state index contributed by atoms with van der Waals surface area (Å²) in [6.07, 6.45) is 0. The molecule has 0 aromatic carbocycles. The molecule has 1 aliphatic heterocycles. The highest BCUT2D eigenvalue weighted by atomic mass is 32.2. The molecule has 0 unspecified atom stereocenters. The Morgan fingerprint density at radius 1 is 1.42 bits per heavy atom. The summed E-state index contributed by atoms with van der Waals surface area (Å²) in [4.78, 5) is 10.7. The molecule has 0 amide bonds. The van der Waals surface area contributed by atoms with Crippen LogP contribution in [0.5, 0.6) is 0 Å². The molecule has 19 heavy (non-hydrogen) atoms. The van der Waals surface area contributed by atoms with Gasteiger partial charge in [-0.2, -0.15) is 0 Å². The fourth-order valence-corrected chi connectivity index (χ4v) is 2.56. The molecule has 0 bridgehead atoms. The lowest BCUT2D eigenvalue weighted by Crippen LogP contribution is -2.45. The molecule has 1 aromatic heterocycles. The lowest BCUT2D eigenvalue weighted by atomic mass is 10.2. The van der Waals surface area contributed by atoms with Gasteiger partial charge in [0.2, 0.25) is 5.16 Å². The topological polar surface area (TPSA) is 80.5 Å². The van der Waals surface area contributed by atoms with Crippen molar-refractivity contribution in [1.82, 2.24) is 14.9 Å². The van der Waals surface area contributed by atoms with E-state index in [-0.39, 0.29) is 11.7 Å². The van der Waals surface area contributed by atoms with Crippen LogP contribution in [0.25, 0.3) is 0 Å². The zero-order valence-electron chi connectivity index (χ0n) is 11.1. The zero-order valence-corrected chi connectivity index (χ0v) is 11.9. The van der Waals surface area contributed by atoms with Gasteiger partial charge in [0.15, 0.2) is 5.82 Å². The smallest absolute Gasteiger partial charge is 0.313 e. The second-order valence-corrected chi connectivity index (χ2v) is 5.50. The quantitative estimate of drug-likeness (QED) is 0.791. The van der Waals surface area contributed by atoms with Gasteiger partial charge >= 0.3 is 5.97 Å². The zero-order chi connectivity index (χ0) is 13.8. The van der Waals surface area contributed by atoms with Gasteiger partial charge in [-0.1, -0.05) is 25.6 Å². The Kier molecular flexibility index (Phi) is 4.65. The molecule has 1 fully saturated rings. The van der Waals surface area contributed by atoms with Gasteiger partial charge in [0, 0.05) is 5.92 Å². The number of carboxylic acids is 1. The van der Waals surface area contributed by atoms with E-state index >= 15 is 0 Å². The molecule has 0 atom stereocenters. The average Bonchev–Trinajstić information content (AvgIpc) is 2.81. The Balaban J connectivity index is 2.24. The fourth-order valence-electron chi connectivity index (χ4n) is 1.87. The maximum absolute atomic E-state index is 10.7. The van der Waals surface area contributed by atoms with Crippen LogP contribution in [0.15, 0.2) is 5.16 Å². The molecule has 1 saturated heterocycles. The van der Waals surface area contributed by atoms with Crippen molar-refractivity contribution in [2.75, 3.05) is 37.1 Å². The lowest BCUT2D eigenvalue weighted by molar-refractivity contribution is -0.133. The van der Waals surface area contributed by atoms with Gasteiger partial charge in [-0.25, -0.2) is 4.68 Å². The molecule has 8 heteroatoms. The SMILES string of the molecule is CC(C)c1nnc(SCC(=O)O)n1N1CCOCC1. The van der Waals surface area contributed by atoms with E-state index in [4.69, 9.17) is 9.84 Å². The third kappa shape index (κ3) is 3.38. The summed E-state index contributed by atoms with van der Waals surface area (Å²) in [7, 11) is 0. The molecule has 0 aliphatic carbocycles. The van der Waals surface area contributed by atoms with Crippen LogP contribution >= 0.6 is 11.8 Å². The van der Waals surface area contributed by atoms with E-state index in [2.05, 4.69) is 15.2 Å². The predicted molar refractivity (Wildman–Crippen MR) is 71.2 cm³/mol. The summed E-state index contributed by atoms with van der Waals surface area (Å²) in [6.45, 7) is 6.95. The maximum atomic E-state index is 10.7. The third-order valence-electron chi connectivity index (χ3n) is 2.75. The molecular weight excluding hydrogens is 268 g/mol. The second kappa shape index (κ2) is 6.25. The number of thioether (sulfide) groups is 1. The molecule has 1 aliphatic rings. The van der Waals surface area contributed by atoms with Crippen molar-refractivity contribution in [3.05, 3.63) is 5.82 Å². The average molecular weight is 286 g/mol. The molecule has 106 valence electrons. The predicted octanol–water partition coefficient (Wildman–Crippen LogP) is 0.546. The van der Waals surface area contributed by atoms with Crippen molar-refractivity contribution in [2.24, 2.45) is 0 Å². The first-order valence-corrected chi connectivity index (χ1v) is 7.21. The van der Waals surface area contributed by atoms with Gasteiger partial charge in [-0.3, -0.25) is 4.79 Å². The number of hydrogen-bond acceptors (Lipinski definition) is 6. The van der Waals surface area contributed by atoms with E-state index in [1.807, 2.05) is 18.5 Å². The summed E-state index contributed by atoms with van der Waals surface area (Å²) >= 11 is 1.19. The van der Waals surface area contributed by atoms with E-state index in [1.165, 1.54) is 11.8 Å². The molecule has 1 N–H and O–H groups in total. The molecule has 0 radical (unpaired) electrons. The standard InChI is InChI=1S/C11H18N4O3S/c1-8(2)10-12-13-11(19-7-9(16)17)15(10)14-3-5-18-6-4-14/h8H,3-7H2,1-2H3,(H,16,17). The number of aliphatic carboxylic acids is 1. The van der Waals surface area contributed by atoms with Gasteiger partial charge < -0.3 is 14.9 Å². The summed E-state index contributed by atoms with van der Waals surface area (Å²) in [5, 5.41) is 19.8. The first-order chi connectivity index (χ1) is 9.09. The Bertz CT molecular complexity index is 443. The Hall–Kier alpha value is -1.28. The van der Waals surface area contributed by atoms with Crippen molar-refractivity contribution < 1.29 is 14.6 Å². The van der Waals surface area contributed by atoms with Crippen LogP contribution < -0.4 is 5.01 Å². The first-order valence-electron chi connectivity index (χ1n) is 6.22.